The minimum atomic E-state index is -0.357. The van der Waals surface area contributed by atoms with E-state index >= 15 is 0 Å². The summed E-state index contributed by atoms with van der Waals surface area (Å²) in [5.41, 5.74) is 1.99. The van der Waals surface area contributed by atoms with Crippen molar-refractivity contribution in [1.29, 1.82) is 0 Å². The number of nitrogens with one attached hydrogen (secondary N) is 1. The van der Waals surface area contributed by atoms with Crippen LogP contribution < -0.4 is 5.32 Å². The van der Waals surface area contributed by atoms with E-state index in [9.17, 15) is 13.6 Å². The number of rotatable bonds is 4. The molecule has 0 aliphatic rings. The van der Waals surface area contributed by atoms with E-state index in [0.29, 0.717) is 11.4 Å². The zero-order chi connectivity index (χ0) is 17.1. The molecule has 122 valence electrons. The van der Waals surface area contributed by atoms with Crippen molar-refractivity contribution < 1.29 is 13.6 Å². The predicted octanol–water partition coefficient (Wildman–Crippen LogP) is 4.58. The van der Waals surface area contributed by atoms with Gasteiger partial charge in [-0.3, -0.25) is 4.79 Å². The number of carbonyl (C=O) groups excluding carboxylic acids is 1. The van der Waals surface area contributed by atoms with Crippen molar-refractivity contribution in [3.05, 3.63) is 70.1 Å². The maximum Gasteiger partial charge on any atom is 0.229 e. The van der Waals surface area contributed by atoms with Gasteiger partial charge in [-0.15, -0.1) is 11.3 Å². The van der Waals surface area contributed by atoms with E-state index in [0.717, 1.165) is 15.4 Å². The van der Waals surface area contributed by atoms with Gasteiger partial charge in [0.1, 0.15) is 11.6 Å². The number of halogens is 2. The van der Waals surface area contributed by atoms with Gasteiger partial charge in [0.25, 0.3) is 0 Å². The molecule has 0 atom stereocenters. The fraction of sp³-hybridized carbons (Fsp3) is 0.111. The topological polar surface area (TPSA) is 42.0 Å². The first-order chi connectivity index (χ1) is 11.5. The van der Waals surface area contributed by atoms with E-state index < -0.39 is 0 Å². The third kappa shape index (κ3) is 3.83. The van der Waals surface area contributed by atoms with Crippen LogP contribution in [-0.2, 0) is 11.2 Å². The van der Waals surface area contributed by atoms with Gasteiger partial charge in [0.15, 0.2) is 0 Å². The van der Waals surface area contributed by atoms with E-state index in [1.165, 1.54) is 47.7 Å². The van der Waals surface area contributed by atoms with Gasteiger partial charge in [-0.1, -0.05) is 0 Å². The molecule has 0 saturated carbocycles. The number of aryl methyl sites for hydroxylation is 1. The molecule has 1 aromatic heterocycles. The summed E-state index contributed by atoms with van der Waals surface area (Å²) in [6, 6.07) is 11.6. The highest BCUT2D eigenvalue weighted by molar-refractivity contribution is 7.12. The first-order valence-electron chi connectivity index (χ1n) is 7.29. The average molecular weight is 344 g/mol. The van der Waals surface area contributed by atoms with Gasteiger partial charge in [-0.25, -0.2) is 13.8 Å². The number of carbonyl (C=O) groups is 1. The molecule has 0 unspecified atom stereocenters. The second-order valence-corrected chi connectivity index (χ2v) is 6.53. The quantitative estimate of drug-likeness (QED) is 0.753. The highest BCUT2D eigenvalue weighted by Crippen LogP contribution is 2.29. The van der Waals surface area contributed by atoms with Crippen LogP contribution in [0, 0.1) is 18.6 Å². The van der Waals surface area contributed by atoms with Crippen LogP contribution in [0.3, 0.4) is 0 Å². The molecule has 1 N–H and O–H groups in total. The van der Waals surface area contributed by atoms with E-state index in [2.05, 4.69) is 10.3 Å². The van der Waals surface area contributed by atoms with Gasteiger partial charge >= 0.3 is 0 Å². The van der Waals surface area contributed by atoms with Gasteiger partial charge in [0.2, 0.25) is 5.91 Å². The van der Waals surface area contributed by atoms with Crippen LogP contribution in [0.4, 0.5) is 14.5 Å². The Bertz CT molecular complexity index is 858. The summed E-state index contributed by atoms with van der Waals surface area (Å²) in [7, 11) is 0. The molecule has 0 radical (unpaired) electrons. The minimum absolute atomic E-state index is 0.148. The van der Waals surface area contributed by atoms with Crippen LogP contribution in [0.2, 0.25) is 0 Å². The minimum Gasteiger partial charge on any atom is -0.326 e. The van der Waals surface area contributed by atoms with E-state index in [-0.39, 0.29) is 24.0 Å². The van der Waals surface area contributed by atoms with Gasteiger partial charge in [-0.05, 0) is 55.5 Å². The second-order valence-electron chi connectivity index (χ2n) is 5.24. The van der Waals surface area contributed by atoms with Crippen LogP contribution in [0.25, 0.3) is 11.3 Å². The number of anilines is 1. The number of hydrogen-bond donors (Lipinski definition) is 1. The van der Waals surface area contributed by atoms with Crippen LogP contribution in [0.5, 0.6) is 0 Å². The third-order valence-corrected chi connectivity index (χ3v) is 4.34. The maximum atomic E-state index is 13.1. The van der Waals surface area contributed by atoms with Crippen LogP contribution in [0.1, 0.15) is 9.88 Å². The Morgan fingerprint density at radius 1 is 1.04 bits per heavy atom. The number of benzene rings is 2. The Hall–Kier alpha value is -2.60. The lowest BCUT2D eigenvalue weighted by molar-refractivity contribution is -0.115. The summed E-state index contributed by atoms with van der Waals surface area (Å²) in [6.45, 7) is 1.86. The Morgan fingerprint density at radius 2 is 1.62 bits per heavy atom. The van der Waals surface area contributed by atoms with Crippen LogP contribution in [-0.4, -0.2) is 10.9 Å². The Morgan fingerprint density at radius 3 is 2.25 bits per heavy atom. The summed E-state index contributed by atoms with van der Waals surface area (Å²) in [6.07, 6.45) is 0.148. The smallest absolute Gasteiger partial charge is 0.229 e. The molecule has 3 aromatic rings. The molecule has 3 nitrogen and oxygen atoms in total. The third-order valence-electron chi connectivity index (χ3n) is 3.37. The molecule has 6 heteroatoms. The van der Waals surface area contributed by atoms with Crippen molar-refractivity contribution in [2.75, 3.05) is 5.32 Å². The highest BCUT2D eigenvalue weighted by atomic mass is 32.1. The molecule has 0 aliphatic carbocycles. The van der Waals surface area contributed by atoms with Crippen molar-refractivity contribution in [3.63, 3.8) is 0 Å². The molecular weight excluding hydrogens is 330 g/mol. The summed E-state index contributed by atoms with van der Waals surface area (Å²) in [5, 5.41) is 3.56. The molecule has 0 fully saturated rings. The molecule has 24 heavy (non-hydrogen) atoms. The molecule has 0 aliphatic heterocycles. The largest absolute Gasteiger partial charge is 0.326 e. The molecular formula is C18H14F2N2OS. The van der Waals surface area contributed by atoms with Crippen molar-refractivity contribution >= 4 is 22.9 Å². The summed E-state index contributed by atoms with van der Waals surface area (Å²) in [4.78, 5) is 17.5. The van der Waals surface area contributed by atoms with E-state index in [1.54, 1.807) is 12.1 Å². The fourth-order valence-corrected chi connectivity index (χ4v) is 3.26. The normalized spacial score (nSPS) is 10.6. The predicted molar refractivity (Wildman–Crippen MR) is 91.0 cm³/mol. The first-order valence-corrected chi connectivity index (χ1v) is 8.10. The van der Waals surface area contributed by atoms with Crippen molar-refractivity contribution in [2.45, 2.75) is 13.3 Å². The highest BCUT2D eigenvalue weighted by Gasteiger charge is 2.15. The molecule has 0 spiro atoms. The first kappa shape index (κ1) is 16.3. The van der Waals surface area contributed by atoms with Gasteiger partial charge in [-0.2, -0.15) is 0 Å². The molecule has 1 heterocycles. The summed E-state index contributed by atoms with van der Waals surface area (Å²) in [5.74, 6) is -0.889. The Labute approximate surface area is 142 Å². The summed E-state index contributed by atoms with van der Waals surface area (Å²) < 4.78 is 26.0. The van der Waals surface area contributed by atoms with Crippen molar-refractivity contribution in [1.82, 2.24) is 4.98 Å². The molecule has 2 aromatic carbocycles. The molecule has 0 bridgehead atoms. The van der Waals surface area contributed by atoms with Gasteiger partial charge in [0.05, 0.1) is 17.1 Å². The molecule has 0 saturated heterocycles. The monoisotopic (exact) mass is 344 g/mol. The van der Waals surface area contributed by atoms with Gasteiger partial charge < -0.3 is 5.32 Å². The fourth-order valence-electron chi connectivity index (χ4n) is 2.31. The Balaban J connectivity index is 1.78. The van der Waals surface area contributed by atoms with E-state index in [1.807, 2.05) is 6.92 Å². The number of nitrogens with zero attached hydrogens (tertiary/aromatic N) is 1. The average Bonchev–Trinajstić information content (AvgIpc) is 2.90. The second kappa shape index (κ2) is 6.88. The zero-order valence-electron chi connectivity index (χ0n) is 12.8. The van der Waals surface area contributed by atoms with Gasteiger partial charge in [0, 0.05) is 16.1 Å². The number of amides is 1. The maximum absolute atomic E-state index is 13.1. The van der Waals surface area contributed by atoms with Crippen molar-refractivity contribution in [3.8, 4) is 11.3 Å². The lowest BCUT2D eigenvalue weighted by Crippen LogP contribution is -2.14. The lowest BCUT2D eigenvalue weighted by Gasteiger charge is -2.05. The molecule has 1 amide bonds. The Kier molecular flexibility index (Phi) is 4.66. The number of thiazole rings is 1. The van der Waals surface area contributed by atoms with E-state index in [4.69, 9.17) is 0 Å². The molecule has 3 rings (SSSR count). The van der Waals surface area contributed by atoms with Crippen LogP contribution >= 0.6 is 11.3 Å². The van der Waals surface area contributed by atoms with Crippen LogP contribution in [0.15, 0.2) is 48.5 Å². The standard InChI is InChI=1S/C18H14F2N2OS/c1-11-21-18(12-2-4-13(19)5-3-12)16(24-11)10-17(23)22-15-8-6-14(20)7-9-15/h2-9H,10H2,1H3,(H,22,23). The number of aromatic nitrogens is 1. The lowest BCUT2D eigenvalue weighted by atomic mass is 10.1. The zero-order valence-corrected chi connectivity index (χ0v) is 13.7. The SMILES string of the molecule is Cc1nc(-c2ccc(F)cc2)c(CC(=O)Nc2ccc(F)cc2)s1. The van der Waals surface area contributed by atoms with Crippen molar-refractivity contribution in [2.24, 2.45) is 0 Å². The summed E-state index contributed by atoms with van der Waals surface area (Å²) >= 11 is 1.43. The number of hydrogen-bond acceptors (Lipinski definition) is 3.